The molecule has 1 N–H and O–H groups in total. The Balaban J connectivity index is 1.47. The van der Waals surface area contributed by atoms with Gasteiger partial charge in [0.05, 0.1) is 0 Å². The number of thioether (sulfide) groups is 1. The van der Waals surface area contributed by atoms with Gasteiger partial charge in [-0.15, -0.1) is 11.8 Å². The lowest BCUT2D eigenvalue weighted by Crippen LogP contribution is -2.34. The lowest BCUT2D eigenvalue weighted by atomic mass is 10.1. The van der Waals surface area contributed by atoms with E-state index >= 15 is 0 Å². The summed E-state index contributed by atoms with van der Waals surface area (Å²) >= 11 is 1.78. The minimum atomic E-state index is -0.0574. The molecule has 1 saturated heterocycles. The van der Waals surface area contributed by atoms with Crippen LogP contribution >= 0.6 is 11.8 Å². The second-order valence-corrected chi connectivity index (χ2v) is 8.65. The summed E-state index contributed by atoms with van der Waals surface area (Å²) in [5, 5.41) is 3.10. The molecule has 3 aromatic carbocycles. The predicted octanol–water partition coefficient (Wildman–Crippen LogP) is 6.16. The number of amides is 2. The average Bonchev–Trinajstić information content (AvgIpc) is 3.26. The fourth-order valence-corrected chi connectivity index (χ4v) is 4.89. The molecule has 30 heavy (non-hydrogen) atoms. The molecule has 0 aromatic heterocycles. The van der Waals surface area contributed by atoms with E-state index < -0.39 is 0 Å². The number of hydrogen-bond acceptors (Lipinski definition) is 3. The summed E-state index contributed by atoms with van der Waals surface area (Å²) in [7, 11) is 0. The molecule has 0 bridgehead atoms. The van der Waals surface area contributed by atoms with Crippen molar-refractivity contribution in [3.63, 3.8) is 0 Å². The Bertz CT molecular complexity index is 1000. The number of carbonyl (C=O) groups excluding carboxylic acids is 1. The van der Waals surface area contributed by atoms with Crippen LogP contribution in [0.2, 0.25) is 0 Å². The molecule has 4 rings (SSSR count). The molecule has 0 aliphatic carbocycles. The number of nitrogens with one attached hydrogen (secondary N) is 1. The average molecular weight is 419 g/mol. The van der Waals surface area contributed by atoms with Crippen LogP contribution in [0.5, 0.6) is 5.75 Å². The molecule has 154 valence electrons. The highest BCUT2D eigenvalue weighted by Crippen LogP contribution is 2.39. The first-order valence-corrected chi connectivity index (χ1v) is 11.2. The van der Waals surface area contributed by atoms with Crippen LogP contribution in [0, 0.1) is 13.8 Å². The van der Waals surface area contributed by atoms with Crippen LogP contribution in [0.4, 0.5) is 10.5 Å². The van der Waals surface area contributed by atoms with E-state index in [1.165, 1.54) is 0 Å². The first-order chi connectivity index (χ1) is 14.6. The zero-order valence-corrected chi connectivity index (χ0v) is 18.1. The SMILES string of the molecule is Cc1cccc(C)c1NC(=O)N1CCSC1c1cccc(OCc2ccccc2)c1. The van der Waals surface area contributed by atoms with Gasteiger partial charge in [-0.05, 0) is 48.2 Å². The van der Waals surface area contributed by atoms with E-state index in [1.807, 2.05) is 73.3 Å². The van der Waals surface area contributed by atoms with Crippen molar-refractivity contribution in [2.24, 2.45) is 0 Å². The van der Waals surface area contributed by atoms with Gasteiger partial charge in [0.2, 0.25) is 0 Å². The van der Waals surface area contributed by atoms with Crippen LogP contribution in [-0.4, -0.2) is 23.2 Å². The fraction of sp³-hybridized carbons (Fsp3) is 0.240. The van der Waals surface area contributed by atoms with Gasteiger partial charge in [-0.3, -0.25) is 0 Å². The van der Waals surface area contributed by atoms with Gasteiger partial charge in [0.25, 0.3) is 0 Å². The topological polar surface area (TPSA) is 41.6 Å². The van der Waals surface area contributed by atoms with Gasteiger partial charge in [-0.25, -0.2) is 4.79 Å². The minimum absolute atomic E-state index is 0.0189. The van der Waals surface area contributed by atoms with Crippen LogP contribution in [0.25, 0.3) is 0 Å². The van der Waals surface area contributed by atoms with E-state index in [2.05, 4.69) is 23.5 Å². The van der Waals surface area contributed by atoms with Gasteiger partial charge < -0.3 is 15.0 Å². The monoisotopic (exact) mass is 418 g/mol. The largest absolute Gasteiger partial charge is 0.489 e. The van der Waals surface area contributed by atoms with E-state index in [1.54, 1.807) is 11.8 Å². The molecule has 0 radical (unpaired) electrons. The minimum Gasteiger partial charge on any atom is -0.489 e. The van der Waals surface area contributed by atoms with Crippen molar-refractivity contribution >= 4 is 23.5 Å². The van der Waals surface area contributed by atoms with Crippen LogP contribution in [-0.2, 0) is 6.61 Å². The van der Waals surface area contributed by atoms with Gasteiger partial charge in [0.15, 0.2) is 0 Å². The molecule has 4 nitrogen and oxygen atoms in total. The van der Waals surface area contributed by atoms with E-state index in [0.717, 1.165) is 46.0 Å². The second kappa shape index (κ2) is 9.26. The van der Waals surface area contributed by atoms with Crippen molar-refractivity contribution in [1.82, 2.24) is 4.90 Å². The molecule has 1 fully saturated rings. The zero-order valence-electron chi connectivity index (χ0n) is 17.3. The molecular formula is C25H26N2O2S. The molecule has 1 unspecified atom stereocenters. The number of rotatable bonds is 5. The van der Waals surface area contributed by atoms with Crippen molar-refractivity contribution in [3.05, 3.63) is 95.1 Å². The van der Waals surface area contributed by atoms with Gasteiger partial charge >= 0.3 is 6.03 Å². The first-order valence-electron chi connectivity index (χ1n) is 10.1. The molecule has 0 saturated carbocycles. The highest BCUT2D eigenvalue weighted by Gasteiger charge is 2.31. The van der Waals surface area contributed by atoms with Gasteiger partial charge in [0, 0.05) is 18.0 Å². The third-order valence-corrected chi connectivity index (χ3v) is 6.52. The Hall–Kier alpha value is -2.92. The third-order valence-electron chi connectivity index (χ3n) is 5.26. The maximum atomic E-state index is 13.1. The summed E-state index contributed by atoms with van der Waals surface area (Å²) in [5.41, 5.74) is 5.26. The smallest absolute Gasteiger partial charge is 0.323 e. The van der Waals surface area contributed by atoms with E-state index in [0.29, 0.717) is 6.61 Å². The third kappa shape index (κ3) is 4.62. The Morgan fingerprint density at radius 1 is 1.03 bits per heavy atom. The van der Waals surface area contributed by atoms with Crippen molar-refractivity contribution in [2.75, 3.05) is 17.6 Å². The molecule has 1 heterocycles. The second-order valence-electron chi connectivity index (χ2n) is 7.46. The maximum Gasteiger partial charge on any atom is 0.323 e. The summed E-state index contributed by atoms with van der Waals surface area (Å²) in [6.45, 7) is 5.29. The van der Waals surface area contributed by atoms with E-state index in [9.17, 15) is 4.79 Å². The summed E-state index contributed by atoms with van der Waals surface area (Å²) in [6.07, 6.45) is 0. The number of ether oxygens (including phenoxy) is 1. The quantitative estimate of drug-likeness (QED) is 0.539. The molecule has 1 aliphatic rings. The molecule has 3 aromatic rings. The van der Waals surface area contributed by atoms with E-state index in [-0.39, 0.29) is 11.4 Å². The van der Waals surface area contributed by atoms with Crippen LogP contribution < -0.4 is 10.1 Å². The number of hydrogen-bond donors (Lipinski definition) is 1. The summed E-state index contributed by atoms with van der Waals surface area (Å²) < 4.78 is 5.99. The Labute approximate surface area is 182 Å². The van der Waals surface area contributed by atoms with Crippen molar-refractivity contribution in [2.45, 2.75) is 25.8 Å². The lowest BCUT2D eigenvalue weighted by Gasteiger charge is -2.25. The molecule has 1 atom stereocenters. The standard InChI is InChI=1S/C25H26N2O2S/c1-18-8-6-9-19(2)23(18)26-25(28)27-14-15-30-24(27)21-12-7-13-22(16-21)29-17-20-10-4-3-5-11-20/h3-13,16,24H,14-15,17H2,1-2H3,(H,26,28). The highest BCUT2D eigenvalue weighted by molar-refractivity contribution is 7.99. The van der Waals surface area contributed by atoms with Crippen molar-refractivity contribution in [3.8, 4) is 5.75 Å². The summed E-state index contributed by atoms with van der Waals surface area (Å²) in [4.78, 5) is 15.0. The molecule has 2 amide bonds. The normalized spacial score (nSPS) is 15.8. The maximum absolute atomic E-state index is 13.1. The summed E-state index contributed by atoms with van der Waals surface area (Å²) in [5.74, 6) is 1.74. The highest BCUT2D eigenvalue weighted by atomic mass is 32.2. The number of urea groups is 1. The number of benzene rings is 3. The number of para-hydroxylation sites is 1. The zero-order chi connectivity index (χ0) is 20.9. The fourth-order valence-electron chi connectivity index (χ4n) is 3.64. The number of aryl methyl sites for hydroxylation is 2. The van der Waals surface area contributed by atoms with Crippen LogP contribution in [0.3, 0.4) is 0 Å². The predicted molar refractivity (Wildman–Crippen MR) is 124 cm³/mol. The molecule has 5 heteroatoms. The first kappa shape index (κ1) is 20.4. The number of nitrogens with zero attached hydrogens (tertiary/aromatic N) is 1. The van der Waals surface area contributed by atoms with Crippen LogP contribution in [0.15, 0.2) is 72.8 Å². The molecule has 1 aliphatic heterocycles. The molecule has 0 spiro atoms. The van der Waals surface area contributed by atoms with E-state index in [4.69, 9.17) is 4.74 Å². The van der Waals surface area contributed by atoms with Crippen molar-refractivity contribution < 1.29 is 9.53 Å². The number of carbonyl (C=O) groups is 1. The Morgan fingerprint density at radius 2 is 1.77 bits per heavy atom. The molecular weight excluding hydrogens is 392 g/mol. The Morgan fingerprint density at radius 3 is 2.53 bits per heavy atom. The van der Waals surface area contributed by atoms with Gasteiger partial charge in [-0.2, -0.15) is 0 Å². The van der Waals surface area contributed by atoms with Gasteiger partial charge in [0.1, 0.15) is 17.7 Å². The Kier molecular flexibility index (Phi) is 6.29. The summed E-state index contributed by atoms with van der Waals surface area (Å²) in [6, 6.07) is 24.2. The van der Waals surface area contributed by atoms with Crippen LogP contribution in [0.1, 0.15) is 27.6 Å². The van der Waals surface area contributed by atoms with Crippen molar-refractivity contribution in [1.29, 1.82) is 0 Å². The number of anilines is 1. The van der Waals surface area contributed by atoms with Gasteiger partial charge in [-0.1, -0.05) is 60.7 Å². The lowest BCUT2D eigenvalue weighted by molar-refractivity contribution is 0.214.